The van der Waals surface area contributed by atoms with Gasteiger partial charge in [-0.05, 0) is 53.8 Å². The molecule has 0 bridgehead atoms. The number of benzene rings is 1. The molecule has 0 fully saturated rings. The van der Waals surface area contributed by atoms with E-state index in [0.29, 0.717) is 11.5 Å². The molecule has 0 atom stereocenters. The van der Waals surface area contributed by atoms with Crippen LogP contribution in [0.1, 0.15) is 11.1 Å². The number of carbonyl (C=O) groups is 2. The van der Waals surface area contributed by atoms with Gasteiger partial charge < -0.3 is 10.1 Å². The minimum absolute atomic E-state index is 0.214. The van der Waals surface area contributed by atoms with E-state index < -0.39 is 11.9 Å². The van der Waals surface area contributed by atoms with E-state index in [0.717, 1.165) is 21.5 Å². The Bertz CT molecular complexity index is 900. The number of thiophene rings is 1. The molecule has 3 rings (SSSR count). The maximum Gasteiger partial charge on any atom is 0.330 e. The number of nitrogens with zero attached hydrogens (tertiary/aromatic N) is 4. The molecule has 8 nitrogen and oxygen atoms in total. The lowest BCUT2D eigenvalue weighted by molar-refractivity contribution is -0.148. The fourth-order valence-electron chi connectivity index (χ4n) is 2.37. The number of carbonyl (C=O) groups excluding carboxylic acids is 2. The van der Waals surface area contributed by atoms with Gasteiger partial charge in [-0.2, -0.15) is 16.1 Å². The van der Waals surface area contributed by atoms with Crippen molar-refractivity contribution in [2.24, 2.45) is 0 Å². The van der Waals surface area contributed by atoms with Crippen molar-refractivity contribution in [3.05, 3.63) is 46.2 Å². The van der Waals surface area contributed by atoms with Crippen LogP contribution in [0, 0.1) is 13.8 Å². The second-order valence-electron chi connectivity index (χ2n) is 5.74. The van der Waals surface area contributed by atoms with Crippen molar-refractivity contribution in [1.82, 2.24) is 20.2 Å². The summed E-state index contributed by atoms with van der Waals surface area (Å²) in [6, 6.07) is 7.56. The number of aromatic nitrogens is 4. The highest BCUT2D eigenvalue weighted by atomic mass is 32.1. The third kappa shape index (κ3) is 4.73. The molecule has 134 valence electrons. The summed E-state index contributed by atoms with van der Waals surface area (Å²) >= 11 is 1.52. The molecule has 26 heavy (non-hydrogen) atoms. The van der Waals surface area contributed by atoms with Crippen molar-refractivity contribution >= 4 is 28.9 Å². The summed E-state index contributed by atoms with van der Waals surface area (Å²) in [5.74, 6) is -0.588. The summed E-state index contributed by atoms with van der Waals surface area (Å²) < 4.78 is 4.96. The molecule has 1 N–H and O–H groups in total. The van der Waals surface area contributed by atoms with E-state index in [1.807, 2.05) is 48.9 Å². The topological polar surface area (TPSA) is 99.0 Å². The quantitative estimate of drug-likeness (QED) is 0.667. The standard InChI is InChI=1S/C17H17N5O3S/c1-11-5-12(2)7-14(6-11)18-15(23)9-25-16(24)8-22-20-17(19-21-22)13-3-4-26-10-13/h3-7,10H,8-9H2,1-2H3,(H,18,23). The Balaban J connectivity index is 1.48. The number of anilines is 1. The molecule has 1 amide bonds. The Hall–Kier alpha value is -3.07. The van der Waals surface area contributed by atoms with Crippen molar-refractivity contribution < 1.29 is 14.3 Å². The summed E-state index contributed by atoms with van der Waals surface area (Å²) in [5, 5.41) is 18.3. The van der Waals surface area contributed by atoms with Crippen molar-refractivity contribution in [2.45, 2.75) is 20.4 Å². The second-order valence-corrected chi connectivity index (χ2v) is 6.52. The van der Waals surface area contributed by atoms with Crippen molar-refractivity contribution in [3.8, 4) is 11.4 Å². The molecule has 0 saturated heterocycles. The van der Waals surface area contributed by atoms with Gasteiger partial charge in [-0.15, -0.1) is 10.2 Å². The van der Waals surface area contributed by atoms with Crippen LogP contribution in [0.3, 0.4) is 0 Å². The van der Waals surface area contributed by atoms with Gasteiger partial charge in [-0.1, -0.05) is 6.07 Å². The van der Waals surface area contributed by atoms with E-state index in [1.165, 1.54) is 11.3 Å². The summed E-state index contributed by atoms with van der Waals surface area (Å²) in [7, 11) is 0. The van der Waals surface area contributed by atoms with Gasteiger partial charge >= 0.3 is 5.97 Å². The van der Waals surface area contributed by atoms with Crippen LogP contribution in [-0.2, 0) is 20.9 Å². The first-order valence-electron chi connectivity index (χ1n) is 7.84. The third-order valence-corrected chi connectivity index (χ3v) is 4.06. The molecule has 0 unspecified atom stereocenters. The number of rotatable bonds is 6. The first-order chi connectivity index (χ1) is 12.5. The number of tetrazole rings is 1. The monoisotopic (exact) mass is 371 g/mol. The highest BCUT2D eigenvalue weighted by Gasteiger charge is 2.12. The Morgan fingerprint density at radius 2 is 2.00 bits per heavy atom. The predicted octanol–water partition coefficient (Wildman–Crippen LogP) is 2.20. The minimum atomic E-state index is -0.616. The van der Waals surface area contributed by atoms with E-state index in [1.54, 1.807) is 0 Å². The predicted molar refractivity (Wildman–Crippen MR) is 96.6 cm³/mol. The summed E-state index contributed by atoms with van der Waals surface area (Å²) in [6.45, 7) is 3.29. The molecule has 0 spiro atoms. The second kappa shape index (κ2) is 7.87. The van der Waals surface area contributed by atoms with Crippen LogP contribution in [0.4, 0.5) is 5.69 Å². The molecule has 9 heteroatoms. The van der Waals surface area contributed by atoms with Gasteiger partial charge in [0.1, 0.15) is 0 Å². The molecule has 0 aliphatic rings. The fourth-order valence-corrected chi connectivity index (χ4v) is 3.00. The van der Waals surface area contributed by atoms with Gasteiger partial charge in [0.2, 0.25) is 5.82 Å². The van der Waals surface area contributed by atoms with Gasteiger partial charge in [0, 0.05) is 16.6 Å². The summed E-state index contributed by atoms with van der Waals surface area (Å²) in [6.07, 6.45) is 0. The molecule has 2 heterocycles. The van der Waals surface area contributed by atoms with Crippen molar-refractivity contribution in [2.75, 3.05) is 11.9 Å². The van der Waals surface area contributed by atoms with Crippen LogP contribution >= 0.6 is 11.3 Å². The van der Waals surface area contributed by atoms with Gasteiger partial charge in [0.05, 0.1) is 0 Å². The molecular weight excluding hydrogens is 354 g/mol. The Morgan fingerprint density at radius 1 is 1.23 bits per heavy atom. The SMILES string of the molecule is Cc1cc(C)cc(NC(=O)COC(=O)Cn2nnc(-c3ccsc3)n2)c1. The van der Waals surface area contributed by atoms with Gasteiger partial charge in [0.15, 0.2) is 13.2 Å². The van der Waals surface area contributed by atoms with Crippen LogP contribution < -0.4 is 5.32 Å². The number of hydrogen-bond donors (Lipinski definition) is 1. The molecule has 0 aliphatic carbocycles. The zero-order chi connectivity index (χ0) is 18.5. The molecule has 2 aromatic heterocycles. The zero-order valence-electron chi connectivity index (χ0n) is 14.3. The number of nitrogens with one attached hydrogen (secondary N) is 1. The van der Waals surface area contributed by atoms with Crippen molar-refractivity contribution in [1.29, 1.82) is 0 Å². The van der Waals surface area contributed by atoms with Crippen LogP contribution in [0.2, 0.25) is 0 Å². The van der Waals surface area contributed by atoms with Crippen LogP contribution in [0.25, 0.3) is 11.4 Å². The lowest BCUT2D eigenvalue weighted by Gasteiger charge is -2.08. The van der Waals surface area contributed by atoms with Crippen LogP contribution in [0.5, 0.6) is 0 Å². The van der Waals surface area contributed by atoms with E-state index in [-0.39, 0.29) is 13.2 Å². The maximum atomic E-state index is 11.9. The number of esters is 1. The average molecular weight is 371 g/mol. The third-order valence-electron chi connectivity index (χ3n) is 3.37. The number of ether oxygens (including phenoxy) is 1. The summed E-state index contributed by atoms with van der Waals surface area (Å²) in [4.78, 5) is 24.9. The first kappa shape index (κ1) is 17.7. The molecule has 0 radical (unpaired) electrons. The number of aryl methyl sites for hydroxylation is 2. The molecule has 3 aromatic rings. The van der Waals surface area contributed by atoms with Crippen LogP contribution in [0.15, 0.2) is 35.0 Å². The smallest absolute Gasteiger partial charge is 0.330 e. The number of amides is 1. The van der Waals surface area contributed by atoms with Gasteiger partial charge in [-0.3, -0.25) is 4.79 Å². The van der Waals surface area contributed by atoms with E-state index in [4.69, 9.17) is 4.74 Å². The lowest BCUT2D eigenvalue weighted by atomic mass is 10.1. The van der Waals surface area contributed by atoms with E-state index in [2.05, 4.69) is 20.7 Å². The molecule has 0 saturated carbocycles. The summed E-state index contributed by atoms with van der Waals surface area (Å²) in [5.41, 5.74) is 3.58. The van der Waals surface area contributed by atoms with E-state index >= 15 is 0 Å². The Labute approximate surface area is 153 Å². The normalized spacial score (nSPS) is 10.5. The number of hydrogen-bond acceptors (Lipinski definition) is 7. The average Bonchev–Trinajstić information content (AvgIpc) is 3.23. The highest BCUT2D eigenvalue weighted by molar-refractivity contribution is 7.08. The van der Waals surface area contributed by atoms with E-state index in [9.17, 15) is 9.59 Å². The molecule has 1 aromatic carbocycles. The largest absolute Gasteiger partial charge is 0.454 e. The lowest BCUT2D eigenvalue weighted by Crippen LogP contribution is -2.23. The van der Waals surface area contributed by atoms with Gasteiger partial charge in [-0.25, -0.2) is 4.79 Å². The Kier molecular flexibility index (Phi) is 5.37. The fraction of sp³-hybridized carbons (Fsp3) is 0.235. The van der Waals surface area contributed by atoms with Crippen molar-refractivity contribution in [3.63, 3.8) is 0 Å². The molecule has 0 aliphatic heterocycles. The van der Waals surface area contributed by atoms with Crippen LogP contribution in [-0.4, -0.2) is 38.7 Å². The molecular formula is C17H17N5O3S. The first-order valence-corrected chi connectivity index (χ1v) is 8.78. The Morgan fingerprint density at radius 3 is 2.69 bits per heavy atom. The maximum absolute atomic E-state index is 11.9. The van der Waals surface area contributed by atoms with Gasteiger partial charge in [0.25, 0.3) is 5.91 Å². The highest BCUT2D eigenvalue weighted by Crippen LogP contribution is 2.16. The minimum Gasteiger partial charge on any atom is -0.454 e. The zero-order valence-corrected chi connectivity index (χ0v) is 15.1.